The second-order valence-electron chi connectivity index (χ2n) is 5.47. The topological polar surface area (TPSA) is 12.0 Å². The zero-order valence-electron chi connectivity index (χ0n) is 11.6. The van der Waals surface area contributed by atoms with Crippen molar-refractivity contribution >= 4 is 11.6 Å². The first kappa shape index (κ1) is 13.7. The van der Waals surface area contributed by atoms with E-state index in [4.69, 9.17) is 11.6 Å². The molecule has 0 aliphatic heterocycles. The summed E-state index contributed by atoms with van der Waals surface area (Å²) in [6.45, 7) is 1.69. The van der Waals surface area contributed by atoms with Crippen LogP contribution in [0.25, 0.3) is 0 Å². The van der Waals surface area contributed by atoms with Gasteiger partial charge in [-0.25, -0.2) is 0 Å². The summed E-state index contributed by atoms with van der Waals surface area (Å²) in [5.74, 6) is 0. The Bertz CT molecular complexity index is 565. The zero-order valence-corrected chi connectivity index (χ0v) is 12.4. The van der Waals surface area contributed by atoms with Gasteiger partial charge in [-0.05, 0) is 41.5 Å². The summed E-state index contributed by atoms with van der Waals surface area (Å²) in [7, 11) is 0. The van der Waals surface area contributed by atoms with Crippen LogP contribution < -0.4 is 5.32 Å². The summed E-state index contributed by atoms with van der Waals surface area (Å²) in [5.41, 5.74) is 5.61. The number of benzene rings is 2. The number of aryl methyl sites for hydroxylation is 2. The Morgan fingerprint density at radius 2 is 1.80 bits per heavy atom. The van der Waals surface area contributed by atoms with Gasteiger partial charge in [0, 0.05) is 13.1 Å². The lowest BCUT2D eigenvalue weighted by atomic mass is 10.1. The van der Waals surface area contributed by atoms with E-state index in [1.807, 2.05) is 18.2 Å². The van der Waals surface area contributed by atoms with Crippen LogP contribution in [0.2, 0.25) is 0 Å². The first-order valence-electron chi connectivity index (χ1n) is 7.33. The van der Waals surface area contributed by atoms with Crippen molar-refractivity contribution in [3.05, 3.63) is 70.8 Å². The van der Waals surface area contributed by atoms with Crippen LogP contribution in [0, 0.1) is 0 Å². The van der Waals surface area contributed by atoms with Crippen LogP contribution in [-0.2, 0) is 19.4 Å². The fourth-order valence-electron chi connectivity index (χ4n) is 2.86. The van der Waals surface area contributed by atoms with Crippen LogP contribution in [0.5, 0.6) is 0 Å². The monoisotopic (exact) mass is 285 g/mol. The van der Waals surface area contributed by atoms with E-state index >= 15 is 0 Å². The molecule has 0 bridgehead atoms. The van der Waals surface area contributed by atoms with Crippen LogP contribution in [-0.4, -0.2) is 6.54 Å². The lowest BCUT2D eigenvalue weighted by Gasteiger charge is -2.12. The second-order valence-corrected chi connectivity index (χ2v) is 5.99. The molecule has 0 fully saturated rings. The van der Waals surface area contributed by atoms with Gasteiger partial charge in [-0.1, -0.05) is 48.5 Å². The molecule has 104 valence electrons. The predicted molar refractivity (Wildman–Crippen MR) is 85.2 cm³/mol. The molecule has 0 aromatic heterocycles. The molecule has 1 unspecified atom stereocenters. The highest BCUT2D eigenvalue weighted by atomic mass is 35.5. The highest BCUT2D eigenvalue weighted by molar-refractivity contribution is 6.21. The van der Waals surface area contributed by atoms with E-state index in [1.54, 1.807) is 0 Å². The Hall–Kier alpha value is -1.31. The Morgan fingerprint density at radius 1 is 1.00 bits per heavy atom. The van der Waals surface area contributed by atoms with Crippen molar-refractivity contribution in [2.24, 2.45) is 0 Å². The molecule has 2 heteroatoms. The van der Waals surface area contributed by atoms with Gasteiger partial charge in [0.2, 0.25) is 0 Å². The number of nitrogens with one attached hydrogen (secondary N) is 1. The number of halogens is 1. The number of alkyl halides is 1. The lowest BCUT2D eigenvalue weighted by Crippen LogP contribution is -2.18. The molecule has 0 amide bonds. The molecule has 3 rings (SSSR count). The maximum absolute atomic E-state index is 6.40. The Kier molecular flexibility index (Phi) is 4.39. The van der Waals surface area contributed by atoms with Gasteiger partial charge in [-0.15, -0.1) is 11.6 Å². The highest BCUT2D eigenvalue weighted by Crippen LogP contribution is 2.23. The first-order valence-corrected chi connectivity index (χ1v) is 7.77. The van der Waals surface area contributed by atoms with Crippen molar-refractivity contribution in [3.8, 4) is 0 Å². The third-order valence-corrected chi connectivity index (χ3v) is 4.38. The van der Waals surface area contributed by atoms with Crippen LogP contribution in [0.4, 0.5) is 0 Å². The summed E-state index contributed by atoms with van der Waals surface area (Å²) in [4.78, 5) is 0. The van der Waals surface area contributed by atoms with Crippen molar-refractivity contribution in [2.75, 3.05) is 6.54 Å². The molecule has 2 aromatic carbocycles. The molecule has 1 atom stereocenters. The molecule has 1 nitrogen and oxygen atoms in total. The molecule has 2 aromatic rings. The summed E-state index contributed by atoms with van der Waals surface area (Å²) in [6.07, 6.45) is 3.80. The summed E-state index contributed by atoms with van der Waals surface area (Å²) < 4.78 is 0. The molecular weight excluding hydrogens is 266 g/mol. The molecule has 1 aliphatic rings. The van der Waals surface area contributed by atoms with Crippen molar-refractivity contribution in [1.29, 1.82) is 0 Å². The fraction of sp³-hybridized carbons (Fsp3) is 0.333. The molecular formula is C18H20ClN. The molecule has 1 aliphatic carbocycles. The molecule has 20 heavy (non-hydrogen) atoms. The van der Waals surface area contributed by atoms with E-state index in [1.165, 1.54) is 41.5 Å². The molecule has 0 saturated heterocycles. The van der Waals surface area contributed by atoms with Gasteiger partial charge in [0.25, 0.3) is 0 Å². The van der Waals surface area contributed by atoms with Gasteiger partial charge in [0.05, 0.1) is 5.38 Å². The Labute approximate surface area is 126 Å². The summed E-state index contributed by atoms with van der Waals surface area (Å²) >= 11 is 6.40. The van der Waals surface area contributed by atoms with E-state index in [2.05, 4.69) is 35.6 Å². The molecule has 1 N–H and O–H groups in total. The minimum Gasteiger partial charge on any atom is -0.311 e. The standard InChI is InChI=1S/C18H20ClN/c19-18(16-5-2-1-3-6-16)13-20-12-14-9-10-15-7-4-8-17(15)11-14/h1-3,5-6,9-11,18,20H,4,7-8,12-13H2. The van der Waals surface area contributed by atoms with Crippen LogP contribution in [0.3, 0.4) is 0 Å². The average molecular weight is 286 g/mol. The van der Waals surface area contributed by atoms with Crippen molar-refractivity contribution < 1.29 is 0 Å². The van der Waals surface area contributed by atoms with Gasteiger partial charge in [-0.3, -0.25) is 0 Å². The van der Waals surface area contributed by atoms with Crippen LogP contribution in [0.1, 0.15) is 34.1 Å². The Morgan fingerprint density at radius 3 is 2.65 bits per heavy atom. The van der Waals surface area contributed by atoms with Crippen LogP contribution in [0.15, 0.2) is 48.5 Å². The second kappa shape index (κ2) is 6.43. The fourth-order valence-corrected chi connectivity index (χ4v) is 3.11. The highest BCUT2D eigenvalue weighted by Gasteiger charge is 2.11. The number of rotatable bonds is 5. The van der Waals surface area contributed by atoms with Gasteiger partial charge in [0.15, 0.2) is 0 Å². The minimum atomic E-state index is 0.0330. The van der Waals surface area contributed by atoms with E-state index in [0.29, 0.717) is 0 Å². The molecule has 0 radical (unpaired) electrons. The van der Waals surface area contributed by atoms with Crippen molar-refractivity contribution in [2.45, 2.75) is 31.2 Å². The van der Waals surface area contributed by atoms with Gasteiger partial charge >= 0.3 is 0 Å². The van der Waals surface area contributed by atoms with Crippen molar-refractivity contribution in [1.82, 2.24) is 5.32 Å². The third-order valence-electron chi connectivity index (χ3n) is 3.98. The number of hydrogen-bond donors (Lipinski definition) is 1. The van der Waals surface area contributed by atoms with Crippen LogP contribution >= 0.6 is 11.6 Å². The van der Waals surface area contributed by atoms with Crippen molar-refractivity contribution in [3.63, 3.8) is 0 Å². The van der Waals surface area contributed by atoms with Gasteiger partial charge in [0.1, 0.15) is 0 Å². The third kappa shape index (κ3) is 3.23. The number of fused-ring (bicyclic) bond motifs is 1. The largest absolute Gasteiger partial charge is 0.311 e. The van der Waals surface area contributed by atoms with Gasteiger partial charge in [-0.2, -0.15) is 0 Å². The average Bonchev–Trinajstić information content (AvgIpc) is 2.95. The molecule has 0 heterocycles. The van der Waals surface area contributed by atoms with E-state index < -0.39 is 0 Å². The van der Waals surface area contributed by atoms with E-state index in [9.17, 15) is 0 Å². The number of hydrogen-bond acceptors (Lipinski definition) is 1. The Balaban J connectivity index is 1.53. The zero-order chi connectivity index (χ0) is 13.8. The lowest BCUT2D eigenvalue weighted by molar-refractivity contribution is 0.674. The maximum atomic E-state index is 6.40. The molecule has 0 spiro atoms. The van der Waals surface area contributed by atoms with E-state index in [0.717, 1.165) is 13.1 Å². The maximum Gasteiger partial charge on any atom is 0.0709 e. The summed E-state index contributed by atoms with van der Waals surface area (Å²) in [5, 5.41) is 3.49. The normalized spacial score (nSPS) is 15.1. The summed E-state index contributed by atoms with van der Waals surface area (Å²) in [6, 6.07) is 17.1. The minimum absolute atomic E-state index is 0.0330. The quantitative estimate of drug-likeness (QED) is 0.810. The smallest absolute Gasteiger partial charge is 0.0709 e. The van der Waals surface area contributed by atoms with E-state index in [-0.39, 0.29) is 5.38 Å². The SMILES string of the molecule is ClC(CNCc1ccc2c(c1)CCC2)c1ccccc1. The first-order chi connectivity index (χ1) is 9.83. The molecule has 0 saturated carbocycles. The van der Waals surface area contributed by atoms with Gasteiger partial charge < -0.3 is 5.32 Å². The predicted octanol–water partition coefficient (Wildman–Crippen LogP) is 4.25.